The summed E-state index contributed by atoms with van der Waals surface area (Å²) < 4.78 is 45.8. The molecule has 1 aliphatic rings. The molecule has 3 aromatic rings. The molecule has 0 spiro atoms. The van der Waals surface area contributed by atoms with E-state index in [1.807, 2.05) is 25.1 Å². The Hall–Kier alpha value is -3.40. The smallest absolute Gasteiger partial charge is 0.387 e. The van der Waals surface area contributed by atoms with Crippen LogP contribution >= 0.6 is 0 Å². The Labute approximate surface area is 190 Å². The van der Waals surface area contributed by atoms with Gasteiger partial charge in [-0.05, 0) is 37.3 Å². The van der Waals surface area contributed by atoms with E-state index < -0.39 is 6.61 Å². The van der Waals surface area contributed by atoms with Gasteiger partial charge in [-0.3, -0.25) is 4.90 Å². The first-order valence-electron chi connectivity index (χ1n) is 10.7. The minimum absolute atomic E-state index is 0.0521. The standard InChI is InChI=1S/C23H26F2N4O4/c1-3-31-18-7-5-4-6-17(18)29-12-10-28(11-13-29)15-21-26-22(27-33-21)16-8-9-19(32-23(24)25)20(14-16)30-2/h4-9,14,23H,3,10-13,15H2,1-2H3. The molecule has 1 saturated heterocycles. The second kappa shape index (κ2) is 10.5. The molecule has 0 aliphatic carbocycles. The van der Waals surface area contributed by atoms with Crippen molar-refractivity contribution in [2.45, 2.75) is 20.1 Å². The molecule has 0 atom stereocenters. The number of para-hydroxylation sites is 2. The van der Waals surface area contributed by atoms with Gasteiger partial charge in [0.05, 0.1) is 25.9 Å². The zero-order chi connectivity index (χ0) is 23.2. The maximum absolute atomic E-state index is 12.5. The number of nitrogens with zero attached hydrogens (tertiary/aromatic N) is 4. The molecule has 0 amide bonds. The Bertz CT molecular complexity index is 1050. The van der Waals surface area contributed by atoms with Gasteiger partial charge in [0.25, 0.3) is 0 Å². The second-order valence-corrected chi connectivity index (χ2v) is 7.42. The monoisotopic (exact) mass is 460 g/mol. The van der Waals surface area contributed by atoms with Crippen LogP contribution in [0.15, 0.2) is 47.0 Å². The number of piperazine rings is 1. The Kier molecular flexibility index (Phi) is 7.23. The SMILES string of the molecule is CCOc1ccccc1N1CCN(Cc2nc(-c3ccc(OC(F)F)c(OC)c3)no2)CC1. The molecular weight excluding hydrogens is 434 g/mol. The van der Waals surface area contributed by atoms with Crippen molar-refractivity contribution in [3.8, 4) is 28.6 Å². The van der Waals surface area contributed by atoms with E-state index in [-0.39, 0.29) is 11.5 Å². The van der Waals surface area contributed by atoms with Gasteiger partial charge in [-0.2, -0.15) is 13.8 Å². The lowest BCUT2D eigenvalue weighted by molar-refractivity contribution is -0.0512. The number of ether oxygens (including phenoxy) is 3. The molecule has 0 radical (unpaired) electrons. The van der Waals surface area contributed by atoms with Gasteiger partial charge in [0.2, 0.25) is 11.7 Å². The average Bonchev–Trinajstić information content (AvgIpc) is 3.28. The van der Waals surface area contributed by atoms with Crippen LogP contribution in [0.5, 0.6) is 17.2 Å². The molecule has 8 nitrogen and oxygen atoms in total. The predicted octanol–water partition coefficient (Wildman–Crippen LogP) is 4.07. The molecule has 10 heteroatoms. The minimum atomic E-state index is -2.94. The van der Waals surface area contributed by atoms with Crippen molar-refractivity contribution in [3.63, 3.8) is 0 Å². The number of rotatable bonds is 9. The van der Waals surface area contributed by atoms with Crippen LogP contribution < -0.4 is 19.1 Å². The highest BCUT2D eigenvalue weighted by atomic mass is 19.3. The van der Waals surface area contributed by atoms with Crippen molar-refractivity contribution in [2.75, 3.05) is 44.8 Å². The summed E-state index contributed by atoms with van der Waals surface area (Å²) >= 11 is 0. The van der Waals surface area contributed by atoms with E-state index in [2.05, 4.69) is 30.7 Å². The van der Waals surface area contributed by atoms with E-state index in [0.717, 1.165) is 37.6 Å². The van der Waals surface area contributed by atoms with Gasteiger partial charge in [0.1, 0.15) is 5.75 Å². The van der Waals surface area contributed by atoms with Gasteiger partial charge in [-0.25, -0.2) is 0 Å². The molecule has 1 fully saturated rings. The van der Waals surface area contributed by atoms with Crippen molar-refractivity contribution in [3.05, 3.63) is 48.4 Å². The summed E-state index contributed by atoms with van der Waals surface area (Å²) in [5, 5.41) is 4.03. The largest absolute Gasteiger partial charge is 0.493 e. The van der Waals surface area contributed by atoms with E-state index in [4.69, 9.17) is 14.0 Å². The molecule has 2 aromatic carbocycles. The van der Waals surface area contributed by atoms with Crippen LogP contribution in [0.25, 0.3) is 11.4 Å². The molecular formula is C23H26F2N4O4. The summed E-state index contributed by atoms with van der Waals surface area (Å²) in [6.07, 6.45) is 0. The molecule has 4 rings (SSSR count). The van der Waals surface area contributed by atoms with E-state index in [9.17, 15) is 8.78 Å². The number of hydrogen-bond donors (Lipinski definition) is 0. The predicted molar refractivity (Wildman–Crippen MR) is 118 cm³/mol. The number of anilines is 1. The quantitative estimate of drug-likeness (QED) is 0.473. The van der Waals surface area contributed by atoms with Crippen LogP contribution in [0, 0.1) is 0 Å². The maximum Gasteiger partial charge on any atom is 0.387 e. The average molecular weight is 460 g/mol. The number of aromatic nitrogens is 2. The number of benzene rings is 2. The second-order valence-electron chi connectivity index (χ2n) is 7.42. The summed E-state index contributed by atoms with van der Waals surface area (Å²) in [6, 6.07) is 12.6. The van der Waals surface area contributed by atoms with E-state index >= 15 is 0 Å². The summed E-state index contributed by atoms with van der Waals surface area (Å²) in [4.78, 5) is 9.02. The van der Waals surface area contributed by atoms with Crippen LogP contribution in [0.3, 0.4) is 0 Å². The maximum atomic E-state index is 12.5. The Morgan fingerprint density at radius 3 is 2.55 bits per heavy atom. The number of halogens is 2. The van der Waals surface area contributed by atoms with E-state index in [1.54, 1.807) is 12.1 Å². The van der Waals surface area contributed by atoms with Gasteiger partial charge < -0.3 is 23.6 Å². The first kappa shape index (κ1) is 22.8. The molecule has 0 saturated carbocycles. The lowest BCUT2D eigenvalue weighted by atomic mass is 10.2. The van der Waals surface area contributed by atoms with Crippen molar-refractivity contribution in [1.29, 1.82) is 0 Å². The Morgan fingerprint density at radius 2 is 1.82 bits per heavy atom. The molecule has 0 unspecified atom stereocenters. The first-order chi connectivity index (χ1) is 16.1. The van der Waals surface area contributed by atoms with E-state index in [0.29, 0.717) is 30.4 Å². The number of alkyl halides is 2. The zero-order valence-corrected chi connectivity index (χ0v) is 18.5. The molecule has 1 aliphatic heterocycles. The summed E-state index contributed by atoms with van der Waals surface area (Å²) in [6.45, 7) is 3.59. The van der Waals surface area contributed by atoms with Crippen molar-refractivity contribution < 1.29 is 27.5 Å². The molecule has 0 N–H and O–H groups in total. The van der Waals surface area contributed by atoms with Gasteiger partial charge in [-0.15, -0.1) is 0 Å². The summed E-state index contributed by atoms with van der Waals surface area (Å²) in [7, 11) is 1.38. The molecule has 33 heavy (non-hydrogen) atoms. The van der Waals surface area contributed by atoms with Crippen molar-refractivity contribution in [2.24, 2.45) is 0 Å². The lowest BCUT2D eigenvalue weighted by Gasteiger charge is -2.36. The van der Waals surface area contributed by atoms with Crippen LogP contribution in [-0.4, -0.2) is 61.5 Å². The van der Waals surface area contributed by atoms with Crippen LogP contribution in [0.4, 0.5) is 14.5 Å². The third kappa shape index (κ3) is 5.51. The molecule has 1 aromatic heterocycles. The minimum Gasteiger partial charge on any atom is -0.493 e. The highest BCUT2D eigenvalue weighted by Gasteiger charge is 2.22. The highest BCUT2D eigenvalue weighted by molar-refractivity contribution is 5.61. The van der Waals surface area contributed by atoms with Gasteiger partial charge >= 0.3 is 6.61 Å². The Morgan fingerprint density at radius 1 is 1.03 bits per heavy atom. The Balaban J connectivity index is 1.37. The van der Waals surface area contributed by atoms with Crippen molar-refractivity contribution in [1.82, 2.24) is 15.0 Å². The van der Waals surface area contributed by atoms with Crippen LogP contribution in [0.2, 0.25) is 0 Å². The third-order valence-electron chi connectivity index (χ3n) is 5.34. The van der Waals surface area contributed by atoms with Crippen LogP contribution in [0.1, 0.15) is 12.8 Å². The highest BCUT2D eigenvalue weighted by Crippen LogP contribution is 2.33. The lowest BCUT2D eigenvalue weighted by Crippen LogP contribution is -2.46. The van der Waals surface area contributed by atoms with Gasteiger partial charge in [0, 0.05) is 31.7 Å². The summed E-state index contributed by atoms with van der Waals surface area (Å²) in [5.74, 6) is 1.86. The molecule has 0 bridgehead atoms. The number of hydrogen-bond acceptors (Lipinski definition) is 8. The topological polar surface area (TPSA) is 73.1 Å². The fourth-order valence-corrected chi connectivity index (χ4v) is 3.77. The normalized spacial score (nSPS) is 14.5. The number of methoxy groups -OCH3 is 1. The zero-order valence-electron chi connectivity index (χ0n) is 18.5. The van der Waals surface area contributed by atoms with Crippen molar-refractivity contribution >= 4 is 5.69 Å². The fraction of sp³-hybridized carbons (Fsp3) is 0.391. The third-order valence-corrected chi connectivity index (χ3v) is 5.34. The summed E-state index contributed by atoms with van der Waals surface area (Å²) in [5.41, 5.74) is 1.69. The van der Waals surface area contributed by atoms with Crippen LogP contribution in [-0.2, 0) is 6.54 Å². The van der Waals surface area contributed by atoms with Gasteiger partial charge in [0.15, 0.2) is 11.5 Å². The van der Waals surface area contributed by atoms with Gasteiger partial charge in [-0.1, -0.05) is 17.3 Å². The fourth-order valence-electron chi connectivity index (χ4n) is 3.77. The molecule has 176 valence electrons. The first-order valence-corrected chi connectivity index (χ1v) is 10.7. The molecule has 2 heterocycles. The van der Waals surface area contributed by atoms with E-state index in [1.165, 1.54) is 13.2 Å².